The summed E-state index contributed by atoms with van der Waals surface area (Å²) in [6.45, 7) is 3.14. The highest BCUT2D eigenvalue weighted by atomic mass is 16.5. The molecule has 1 aliphatic carbocycles. The molecule has 0 unspecified atom stereocenters. The Morgan fingerprint density at radius 3 is 2.86 bits per heavy atom. The summed E-state index contributed by atoms with van der Waals surface area (Å²) in [4.78, 5) is 11.4. The predicted octanol–water partition coefficient (Wildman–Crippen LogP) is 1.75. The van der Waals surface area contributed by atoms with Gasteiger partial charge in [-0.05, 0) is 44.4 Å². The Kier molecular flexibility index (Phi) is 5.38. The third-order valence-corrected chi connectivity index (χ3v) is 4.00. The summed E-state index contributed by atoms with van der Waals surface area (Å²) in [5, 5.41) is 14.1. The summed E-state index contributed by atoms with van der Waals surface area (Å²) in [5.74, 6) is -0.226. The van der Waals surface area contributed by atoms with Gasteiger partial charge < -0.3 is 26.5 Å². The zero-order valence-electron chi connectivity index (χ0n) is 12.9. The van der Waals surface area contributed by atoms with Crippen molar-refractivity contribution in [3.8, 4) is 0 Å². The molecule has 0 bridgehead atoms. The Hall–Kier alpha value is -2.08. The van der Waals surface area contributed by atoms with E-state index < -0.39 is 0 Å². The van der Waals surface area contributed by atoms with Crippen LogP contribution in [0.4, 0.5) is 11.4 Å². The molecule has 1 fully saturated rings. The van der Waals surface area contributed by atoms with Gasteiger partial charge in [-0.15, -0.1) is 0 Å². The van der Waals surface area contributed by atoms with E-state index in [0.717, 1.165) is 18.5 Å². The number of rotatable bonds is 8. The maximum absolute atomic E-state index is 11.4. The normalized spacial score (nSPS) is 15.7. The molecule has 6 heteroatoms. The average Bonchev–Trinajstić information content (AvgIpc) is 2.46. The molecule has 0 radical (unpaired) electrons. The Morgan fingerprint density at radius 1 is 1.50 bits per heavy atom. The third kappa shape index (κ3) is 3.98. The molecule has 1 aromatic carbocycles. The minimum atomic E-state index is -0.226. The second-order valence-electron chi connectivity index (χ2n) is 5.66. The number of hydrogen-bond donors (Lipinski definition) is 4. The van der Waals surface area contributed by atoms with Gasteiger partial charge in [0, 0.05) is 35.2 Å². The van der Waals surface area contributed by atoms with E-state index in [9.17, 15) is 4.79 Å². The number of ether oxygens (including phenoxy) is 1. The average molecular weight is 304 g/mol. The predicted molar refractivity (Wildman–Crippen MR) is 88.4 cm³/mol. The Morgan fingerprint density at radius 2 is 2.27 bits per heavy atom. The topological polar surface area (TPSA) is 100 Å². The summed E-state index contributed by atoms with van der Waals surface area (Å²) in [6, 6.07) is 5.61. The largest absolute Gasteiger partial charge is 0.465 e. The molecule has 0 atom stereocenters. The summed E-state index contributed by atoms with van der Waals surface area (Å²) in [5.41, 5.74) is 8.03. The molecule has 1 aliphatic rings. The Bertz CT molecular complexity index is 541. The van der Waals surface area contributed by atoms with Crippen LogP contribution in [0.3, 0.4) is 0 Å². The van der Waals surface area contributed by atoms with E-state index >= 15 is 0 Å². The molecule has 0 amide bonds. The van der Waals surface area contributed by atoms with E-state index in [0.29, 0.717) is 24.4 Å². The van der Waals surface area contributed by atoms with Gasteiger partial charge in [0.2, 0.25) is 0 Å². The second kappa shape index (κ2) is 7.26. The second-order valence-corrected chi connectivity index (χ2v) is 5.66. The van der Waals surface area contributed by atoms with Gasteiger partial charge in [0.15, 0.2) is 0 Å². The minimum Gasteiger partial charge on any atom is -0.465 e. The molecule has 22 heavy (non-hydrogen) atoms. The van der Waals surface area contributed by atoms with E-state index in [4.69, 9.17) is 15.9 Å². The smallest absolute Gasteiger partial charge is 0.319 e. The quantitative estimate of drug-likeness (QED) is 0.333. The Labute approximate surface area is 130 Å². The molecule has 2 rings (SSSR count). The maximum Gasteiger partial charge on any atom is 0.319 e. The standard InChI is InChI=1S/C16H24N4O2/c1-2-22-15(21)10-19-11-16(6-3-7-16)20-13-4-5-14(18)12(8-13)9-17/h4-5,8-9,17,19-20H,2-3,6-7,10-11,18H2,1H3. The summed E-state index contributed by atoms with van der Waals surface area (Å²) in [6.07, 6.45) is 4.52. The number of nitrogen functional groups attached to an aromatic ring is 1. The van der Waals surface area contributed by atoms with Crippen molar-refractivity contribution in [1.29, 1.82) is 5.41 Å². The number of carbonyl (C=O) groups excluding carboxylic acids is 1. The number of nitrogens with one attached hydrogen (secondary N) is 3. The van der Waals surface area contributed by atoms with Crippen LogP contribution in [0.5, 0.6) is 0 Å². The van der Waals surface area contributed by atoms with E-state index in [1.165, 1.54) is 12.6 Å². The first-order chi connectivity index (χ1) is 10.6. The fourth-order valence-corrected chi connectivity index (χ4v) is 2.65. The number of anilines is 2. The zero-order chi connectivity index (χ0) is 16.0. The summed E-state index contributed by atoms with van der Waals surface area (Å²) >= 11 is 0. The van der Waals surface area contributed by atoms with Crippen LogP contribution >= 0.6 is 0 Å². The van der Waals surface area contributed by atoms with Gasteiger partial charge in [0.25, 0.3) is 0 Å². The minimum absolute atomic E-state index is 0.0398. The van der Waals surface area contributed by atoms with Crippen LogP contribution in [0.15, 0.2) is 18.2 Å². The van der Waals surface area contributed by atoms with Crippen LogP contribution in [-0.2, 0) is 9.53 Å². The van der Waals surface area contributed by atoms with Crippen molar-refractivity contribution in [3.63, 3.8) is 0 Å². The van der Waals surface area contributed by atoms with Gasteiger partial charge in [0.1, 0.15) is 0 Å². The fourth-order valence-electron chi connectivity index (χ4n) is 2.65. The highest BCUT2D eigenvalue weighted by Crippen LogP contribution is 2.35. The van der Waals surface area contributed by atoms with Crippen LogP contribution in [0.2, 0.25) is 0 Å². The van der Waals surface area contributed by atoms with Crippen LogP contribution in [0, 0.1) is 5.41 Å². The molecule has 5 N–H and O–H groups in total. The lowest BCUT2D eigenvalue weighted by Crippen LogP contribution is -2.53. The molecule has 6 nitrogen and oxygen atoms in total. The van der Waals surface area contributed by atoms with Gasteiger partial charge in [-0.2, -0.15) is 0 Å². The van der Waals surface area contributed by atoms with Crippen LogP contribution in [0.1, 0.15) is 31.7 Å². The lowest BCUT2D eigenvalue weighted by molar-refractivity contribution is -0.142. The van der Waals surface area contributed by atoms with E-state index in [-0.39, 0.29) is 18.1 Å². The molecule has 0 spiro atoms. The first-order valence-corrected chi connectivity index (χ1v) is 7.63. The van der Waals surface area contributed by atoms with Crippen molar-refractivity contribution in [1.82, 2.24) is 5.32 Å². The monoisotopic (exact) mass is 304 g/mol. The molecule has 0 saturated heterocycles. The van der Waals surface area contributed by atoms with Crippen molar-refractivity contribution >= 4 is 23.6 Å². The first-order valence-electron chi connectivity index (χ1n) is 7.63. The van der Waals surface area contributed by atoms with Gasteiger partial charge in [-0.3, -0.25) is 4.79 Å². The van der Waals surface area contributed by atoms with Gasteiger partial charge >= 0.3 is 5.97 Å². The van der Waals surface area contributed by atoms with Gasteiger partial charge in [-0.1, -0.05) is 0 Å². The Balaban J connectivity index is 1.93. The van der Waals surface area contributed by atoms with E-state index in [1.54, 1.807) is 13.0 Å². The number of nitrogens with two attached hydrogens (primary N) is 1. The lowest BCUT2D eigenvalue weighted by atomic mass is 9.76. The zero-order valence-corrected chi connectivity index (χ0v) is 12.9. The molecule has 0 aliphatic heterocycles. The first kappa shape index (κ1) is 16.3. The molecular weight excluding hydrogens is 280 g/mol. The van der Waals surface area contributed by atoms with Crippen molar-refractivity contribution in [2.24, 2.45) is 0 Å². The summed E-state index contributed by atoms with van der Waals surface area (Å²) < 4.78 is 4.91. The summed E-state index contributed by atoms with van der Waals surface area (Å²) in [7, 11) is 0. The fraction of sp³-hybridized carbons (Fsp3) is 0.500. The van der Waals surface area contributed by atoms with Crippen molar-refractivity contribution in [3.05, 3.63) is 23.8 Å². The van der Waals surface area contributed by atoms with Crippen molar-refractivity contribution < 1.29 is 9.53 Å². The highest BCUT2D eigenvalue weighted by molar-refractivity contribution is 5.86. The molecule has 120 valence electrons. The number of carbonyl (C=O) groups is 1. The molecule has 1 saturated carbocycles. The highest BCUT2D eigenvalue weighted by Gasteiger charge is 2.36. The van der Waals surface area contributed by atoms with Crippen LogP contribution in [-0.4, -0.2) is 37.4 Å². The van der Waals surface area contributed by atoms with Crippen LogP contribution in [0.25, 0.3) is 0 Å². The molecular formula is C16H24N4O2. The SMILES string of the molecule is CCOC(=O)CNCC1(Nc2ccc(N)c(C=N)c2)CCC1. The van der Waals surface area contributed by atoms with Gasteiger partial charge in [-0.25, -0.2) is 0 Å². The molecule has 0 aromatic heterocycles. The van der Waals surface area contributed by atoms with Crippen LogP contribution < -0.4 is 16.4 Å². The van der Waals surface area contributed by atoms with E-state index in [2.05, 4.69) is 10.6 Å². The number of esters is 1. The molecule has 1 aromatic rings. The van der Waals surface area contributed by atoms with E-state index in [1.807, 2.05) is 12.1 Å². The third-order valence-electron chi connectivity index (χ3n) is 4.00. The van der Waals surface area contributed by atoms with Gasteiger partial charge in [0.05, 0.1) is 13.2 Å². The van der Waals surface area contributed by atoms with Crippen molar-refractivity contribution in [2.75, 3.05) is 30.7 Å². The maximum atomic E-state index is 11.4. The lowest BCUT2D eigenvalue weighted by Gasteiger charge is -2.43. The number of benzene rings is 1. The number of hydrogen-bond acceptors (Lipinski definition) is 6. The molecule has 0 heterocycles. The van der Waals surface area contributed by atoms with Crippen molar-refractivity contribution in [2.45, 2.75) is 31.7 Å².